The molecule has 0 saturated carbocycles. The molecular weight excluding hydrogens is 402 g/mol. The molecule has 0 saturated heterocycles. The molecule has 10 heteroatoms. The Hall–Kier alpha value is -2.33. The zero-order valence-electron chi connectivity index (χ0n) is 16.8. The molecular formula is C19H26F2N4O3S. The first-order valence-electron chi connectivity index (χ1n) is 9.15. The number of hydrogen-bond donors (Lipinski definition) is 1. The van der Waals surface area contributed by atoms with Crippen LogP contribution < -0.4 is 4.72 Å². The number of hydrogen-bond acceptors (Lipinski definition) is 4. The molecule has 1 atom stereocenters. The normalized spacial score (nSPS) is 13.1. The highest BCUT2D eigenvalue weighted by atomic mass is 32.2. The number of nitrogens with one attached hydrogen (secondary N) is 1. The van der Waals surface area contributed by atoms with Crippen molar-refractivity contribution in [3.05, 3.63) is 48.0 Å². The van der Waals surface area contributed by atoms with Gasteiger partial charge >= 0.3 is 6.55 Å². The van der Waals surface area contributed by atoms with E-state index in [1.807, 2.05) is 20.8 Å². The Morgan fingerprint density at radius 3 is 2.41 bits per heavy atom. The summed E-state index contributed by atoms with van der Waals surface area (Å²) in [7, 11) is -2.49. The fourth-order valence-corrected chi connectivity index (χ4v) is 4.05. The van der Waals surface area contributed by atoms with Gasteiger partial charge < -0.3 is 4.90 Å². The van der Waals surface area contributed by atoms with Crippen LogP contribution in [0, 0.1) is 12.8 Å². The molecule has 7 nitrogen and oxygen atoms in total. The lowest BCUT2D eigenvalue weighted by Crippen LogP contribution is -2.47. The molecule has 1 aromatic carbocycles. The average molecular weight is 429 g/mol. The summed E-state index contributed by atoms with van der Waals surface area (Å²) in [5.41, 5.74) is 0.910. The highest BCUT2D eigenvalue weighted by molar-refractivity contribution is 7.89. The van der Waals surface area contributed by atoms with Gasteiger partial charge in [-0.1, -0.05) is 31.5 Å². The van der Waals surface area contributed by atoms with E-state index < -0.39 is 28.5 Å². The molecule has 0 radical (unpaired) electrons. The summed E-state index contributed by atoms with van der Waals surface area (Å²) in [6, 6.07) is 5.25. The molecule has 0 aliphatic heterocycles. The fraction of sp³-hybridized carbons (Fsp3) is 0.474. The molecule has 0 aliphatic carbocycles. The highest BCUT2D eigenvalue weighted by Crippen LogP contribution is 2.17. The second-order valence-electron chi connectivity index (χ2n) is 7.34. The topological polar surface area (TPSA) is 84.3 Å². The van der Waals surface area contributed by atoms with Crippen LogP contribution >= 0.6 is 0 Å². The fourth-order valence-electron chi connectivity index (χ4n) is 2.84. The number of benzene rings is 1. The Bertz CT molecular complexity index is 927. The first-order chi connectivity index (χ1) is 13.5. The van der Waals surface area contributed by atoms with Gasteiger partial charge in [-0.3, -0.25) is 9.36 Å². The number of nitrogens with zero attached hydrogens (tertiary/aromatic N) is 3. The molecule has 0 bridgehead atoms. The van der Waals surface area contributed by atoms with Gasteiger partial charge in [0.25, 0.3) is 0 Å². The van der Waals surface area contributed by atoms with E-state index in [0.717, 1.165) is 11.8 Å². The van der Waals surface area contributed by atoms with E-state index in [-0.39, 0.29) is 29.6 Å². The van der Waals surface area contributed by atoms with Gasteiger partial charge in [0.05, 0.1) is 11.4 Å². The molecule has 1 unspecified atom stereocenters. The molecule has 0 fully saturated rings. The Balaban J connectivity index is 2.20. The number of imidazole rings is 1. The SMILES string of the molecule is Cc1ccc(S(=O)(=O)NC(CC(C)C)C(=O)N(C)Cc2nccn2C(F)F)cc1. The van der Waals surface area contributed by atoms with E-state index in [0.29, 0.717) is 4.57 Å². The van der Waals surface area contributed by atoms with Crippen molar-refractivity contribution in [1.82, 2.24) is 19.2 Å². The monoisotopic (exact) mass is 428 g/mol. The third kappa shape index (κ3) is 6.07. The van der Waals surface area contributed by atoms with Crippen molar-refractivity contribution in [3.63, 3.8) is 0 Å². The molecule has 2 aromatic rings. The zero-order chi connectivity index (χ0) is 21.8. The molecule has 1 heterocycles. The minimum atomic E-state index is -3.92. The van der Waals surface area contributed by atoms with Crippen molar-refractivity contribution < 1.29 is 22.0 Å². The summed E-state index contributed by atoms with van der Waals surface area (Å²) in [4.78, 5) is 18.0. The second kappa shape index (κ2) is 9.45. The van der Waals surface area contributed by atoms with Gasteiger partial charge in [-0.2, -0.15) is 13.5 Å². The first kappa shape index (κ1) is 23.0. The highest BCUT2D eigenvalue weighted by Gasteiger charge is 2.29. The van der Waals surface area contributed by atoms with Gasteiger partial charge in [0, 0.05) is 19.4 Å². The van der Waals surface area contributed by atoms with Crippen molar-refractivity contribution >= 4 is 15.9 Å². The molecule has 0 aliphatic rings. The van der Waals surface area contributed by atoms with Crippen LogP contribution in [0.5, 0.6) is 0 Å². The quantitative estimate of drug-likeness (QED) is 0.666. The standard InChI is InChI=1S/C19H26F2N4O3S/c1-13(2)11-16(23-29(27,28)15-7-5-14(3)6-8-15)18(26)24(4)12-17-22-9-10-25(17)19(20)21/h5-10,13,16,19,23H,11-12H2,1-4H3. The van der Waals surface area contributed by atoms with Crippen molar-refractivity contribution in [3.8, 4) is 0 Å². The van der Waals surface area contributed by atoms with Gasteiger partial charge in [0.1, 0.15) is 11.9 Å². The van der Waals surface area contributed by atoms with Crippen LogP contribution in [-0.4, -0.2) is 41.9 Å². The number of carbonyl (C=O) groups excluding carboxylic acids is 1. The van der Waals surface area contributed by atoms with Gasteiger partial charge in [0.15, 0.2) is 0 Å². The van der Waals surface area contributed by atoms with Crippen LogP contribution in [0.15, 0.2) is 41.6 Å². The van der Waals surface area contributed by atoms with Crippen LogP contribution in [0.1, 0.15) is 38.2 Å². The Labute approximate surface area is 169 Å². The molecule has 0 spiro atoms. The first-order valence-corrected chi connectivity index (χ1v) is 10.6. The van der Waals surface area contributed by atoms with Gasteiger partial charge in [-0.25, -0.2) is 13.4 Å². The molecule has 2 rings (SSSR count). The molecule has 1 amide bonds. The third-order valence-corrected chi connectivity index (χ3v) is 5.84. The minimum absolute atomic E-state index is 0.0144. The molecule has 1 N–H and O–H groups in total. The van der Waals surface area contributed by atoms with Crippen LogP contribution in [-0.2, 0) is 21.4 Å². The number of aryl methyl sites for hydroxylation is 1. The number of halogens is 2. The van der Waals surface area contributed by atoms with E-state index >= 15 is 0 Å². The zero-order valence-corrected chi connectivity index (χ0v) is 17.7. The molecule has 160 valence electrons. The lowest BCUT2D eigenvalue weighted by molar-refractivity contribution is -0.132. The minimum Gasteiger partial charge on any atom is -0.337 e. The van der Waals surface area contributed by atoms with Crippen LogP contribution in [0.4, 0.5) is 8.78 Å². The summed E-state index contributed by atoms with van der Waals surface area (Å²) in [5.74, 6) is -0.472. The predicted octanol–water partition coefficient (Wildman–Crippen LogP) is 2.94. The lowest BCUT2D eigenvalue weighted by Gasteiger charge is -2.25. The summed E-state index contributed by atoms with van der Waals surface area (Å²) >= 11 is 0. The molecule has 29 heavy (non-hydrogen) atoms. The van der Waals surface area contributed by atoms with Gasteiger partial charge in [-0.15, -0.1) is 0 Å². The smallest absolute Gasteiger partial charge is 0.319 e. The summed E-state index contributed by atoms with van der Waals surface area (Å²) in [6.45, 7) is 2.63. The number of rotatable bonds is 9. The van der Waals surface area contributed by atoms with Gasteiger partial charge in [0.2, 0.25) is 15.9 Å². The maximum absolute atomic E-state index is 13.0. The number of amides is 1. The third-order valence-electron chi connectivity index (χ3n) is 4.35. The number of sulfonamides is 1. The van der Waals surface area contributed by atoms with Crippen molar-refractivity contribution in [2.75, 3.05) is 7.05 Å². The predicted molar refractivity (Wildman–Crippen MR) is 105 cm³/mol. The number of alkyl halides is 2. The van der Waals surface area contributed by atoms with Gasteiger partial charge in [-0.05, 0) is 31.4 Å². The van der Waals surface area contributed by atoms with Crippen molar-refractivity contribution in [1.29, 1.82) is 0 Å². The maximum Gasteiger partial charge on any atom is 0.319 e. The number of aromatic nitrogens is 2. The van der Waals surface area contributed by atoms with Crippen molar-refractivity contribution in [2.45, 2.75) is 51.2 Å². The average Bonchev–Trinajstić information content (AvgIpc) is 3.08. The largest absolute Gasteiger partial charge is 0.337 e. The second-order valence-corrected chi connectivity index (χ2v) is 9.05. The van der Waals surface area contributed by atoms with E-state index in [9.17, 15) is 22.0 Å². The molecule has 1 aromatic heterocycles. The summed E-state index contributed by atoms with van der Waals surface area (Å²) < 4.78 is 54.6. The summed E-state index contributed by atoms with van der Waals surface area (Å²) in [5, 5.41) is 0. The maximum atomic E-state index is 13.0. The Kier molecular flexibility index (Phi) is 7.48. The van der Waals surface area contributed by atoms with Crippen LogP contribution in [0.25, 0.3) is 0 Å². The number of likely N-dealkylation sites (N-methyl/N-ethyl adjacent to an activating group) is 1. The van der Waals surface area contributed by atoms with E-state index in [4.69, 9.17) is 0 Å². The number of carbonyl (C=O) groups is 1. The summed E-state index contributed by atoms with van der Waals surface area (Å²) in [6.07, 6.45) is 2.62. The van der Waals surface area contributed by atoms with Crippen LogP contribution in [0.3, 0.4) is 0 Å². The Morgan fingerprint density at radius 2 is 1.86 bits per heavy atom. The van der Waals surface area contributed by atoms with E-state index in [2.05, 4.69) is 9.71 Å². The van der Waals surface area contributed by atoms with Crippen LogP contribution in [0.2, 0.25) is 0 Å². The van der Waals surface area contributed by atoms with Crippen molar-refractivity contribution in [2.24, 2.45) is 5.92 Å². The lowest BCUT2D eigenvalue weighted by atomic mass is 10.0. The Morgan fingerprint density at radius 1 is 1.24 bits per heavy atom. The van der Waals surface area contributed by atoms with E-state index in [1.54, 1.807) is 12.1 Å². The van der Waals surface area contributed by atoms with E-state index in [1.165, 1.54) is 30.3 Å².